The standard InChI is InChI=1S/C13H16BrNO2/c14-11-9(13(15)6-2-1-3-7-13)4-5-10-12(11)17-8-16-10/h4-5H,1-3,6-8,15H2. The second kappa shape index (κ2) is 4.18. The highest BCUT2D eigenvalue weighted by atomic mass is 79.9. The monoisotopic (exact) mass is 297 g/mol. The van der Waals surface area contributed by atoms with Crippen molar-refractivity contribution in [2.45, 2.75) is 37.6 Å². The molecule has 0 amide bonds. The van der Waals surface area contributed by atoms with Crippen LogP contribution in [0.15, 0.2) is 16.6 Å². The van der Waals surface area contributed by atoms with Crippen LogP contribution >= 0.6 is 15.9 Å². The van der Waals surface area contributed by atoms with E-state index >= 15 is 0 Å². The normalized spacial score (nSPS) is 21.5. The lowest BCUT2D eigenvalue weighted by Gasteiger charge is -2.34. The lowest BCUT2D eigenvalue weighted by atomic mass is 9.77. The van der Waals surface area contributed by atoms with Gasteiger partial charge in [-0.3, -0.25) is 0 Å². The molecule has 1 fully saturated rings. The SMILES string of the molecule is NC1(c2ccc3c(c2Br)OCO3)CCCCC1. The molecule has 1 aromatic carbocycles. The van der Waals surface area contributed by atoms with Crippen LogP contribution < -0.4 is 15.2 Å². The zero-order chi connectivity index (χ0) is 11.9. The summed E-state index contributed by atoms with van der Waals surface area (Å²) >= 11 is 3.62. The van der Waals surface area contributed by atoms with E-state index in [1.54, 1.807) is 0 Å². The molecule has 3 rings (SSSR count). The van der Waals surface area contributed by atoms with Crippen molar-refractivity contribution in [2.75, 3.05) is 6.79 Å². The van der Waals surface area contributed by atoms with E-state index in [4.69, 9.17) is 15.2 Å². The van der Waals surface area contributed by atoms with Crippen molar-refractivity contribution in [3.05, 3.63) is 22.2 Å². The smallest absolute Gasteiger partial charge is 0.231 e. The van der Waals surface area contributed by atoms with Gasteiger partial charge in [0.05, 0.1) is 4.47 Å². The molecule has 2 N–H and O–H groups in total. The Labute approximate surface area is 109 Å². The molecular weight excluding hydrogens is 282 g/mol. The van der Waals surface area contributed by atoms with Gasteiger partial charge in [0, 0.05) is 5.54 Å². The molecule has 0 unspecified atom stereocenters. The molecule has 3 nitrogen and oxygen atoms in total. The minimum Gasteiger partial charge on any atom is -0.454 e. The zero-order valence-electron chi connectivity index (χ0n) is 9.67. The van der Waals surface area contributed by atoms with Gasteiger partial charge in [-0.15, -0.1) is 0 Å². The summed E-state index contributed by atoms with van der Waals surface area (Å²) in [6, 6.07) is 4.04. The van der Waals surface area contributed by atoms with E-state index in [2.05, 4.69) is 22.0 Å². The van der Waals surface area contributed by atoms with E-state index in [1.165, 1.54) is 19.3 Å². The van der Waals surface area contributed by atoms with Crippen LogP contribution in [0.4, 0.5) is 0 Å². The maximum atomic E-state index is 6.55. The minimum absolute atomic E-state index is 0.210. The Morgan fingerprint density at radius 2 is 1.88 bits per heavy atom. The van der Waals surface area contributed by atoms with Crippen LogP contribution in [-0.4, -0.2) is 6.79 Å². The molecule has 1 saturated carbocycles. The van der Waals surface area contributed by atoms with Gasteiger partial charge in [-0.05, 0) is 40.4 Å². The Morgan fingerprint density at radius 3 is 2.65 bits per heavy atom. The summed E-state index contributed by atoms with van der Waals surface area (Å²) in [5.41, 5.74) is 7.49. The number of hydrogen-bond donors (Lipinski definition) is 1. The first-order chi connectivity index (χ1) is 8.21. The van der Waals surface area contributed by atoms with Crippen molar-refractivity contribution >= 4 is 15.9 Å². The first kappa shape index (κ1) is 11.4. The van der Waals surface area contributed by atoms with Crippen LogP contribution in [0.3, 0.4) is 0 Å². The van der Waals surface area contributed by atoms with Gasteiger partial charge >= 0.3 is 0 Å². The van der Waals surface area contributed by atoms with E-state index in [0.717, 1.165) is 34.4 Å². The molecule has 1 aliphatic carbocycles. The molecule has 1 aromatic rings. The number of benzene rings is 1. The Bertz CT molecular complexity index is 441. The summed E-state index contributed by atoms with van der Waals surface area (Å²) in [6.45, 7) is 0.301. The Morgan fingerprint density at radius 1 is 1.12 bits per heavy atom. The molecule has 0 bridgehead atoms. The second-order valence-corrected chi connectivity index (χ2v) is 5.67. The molecule has 0 spiro atoms. The highest BCUT2D eigenvalue weighted by Crippen LogP contribution is 2.46. The van der Waals surface area contributed by atoms with Crippen molar-refractivity contribution in [1.82, 2.24) is 0 Å². The Hall–Kier alpha value is -0.740. The summed E-state index contributed by atoms with van der Waals surface area (Å²) < 4.78 is 11.8. The fourth-order valence-corrected chi connectivity index (χ4v) is 3.61. The third-order valence-corrected chi connectivity index (χ3v) is 4.55. The van der Waals surface area contributed by atoms with Gasteiger partial charge in [-0.25, -0.2) is 0 Å². The van der Waals surface area contributed by atoms with Crippen LogP contribution in [-0.2, 0) is 5.54 Å². The summed E-state index contributed by atoms with van der Waals surface area (Å²) in [5.74, 6) is 1.61. The molecule has 4 heteroatoms. The fourth-order valence-electron chi connectivity index (χ4n) is 2.77. The van der Waals surface area contributed by atoms with Crippen molar-refractivity contribution in [2.24, 2.45) is 5.73 Å². The Balaban J connectivity index is 2.03. The molecule has 0 atom stereocenters. The van der Waals surface area contributed by atoms with Gasteiger partial charge in [0.2, 0.25) is 6.79 Å². The number of hydrogen-bond acceptors (Lipinski definition) is 3. The Kier molecular flexibility index (Phi) is 2.79. The maximum absolute atomic E-state index is 6.55. The predicted molar refractivity (Wildman–Crippen MR) is 69.2 cm³/mol. The summed E-state index contributed by atoms with van der Waals surface area (Å²) in [6.07, 6.45) is 5.80. The molecule has 0 aromatic heterocycles. The van der Waals surface area contributed by atoms with Gasteiger partial charge in [0.15, 0.2) is 11.5 Å². The number of nitrogens with two attached hydrogens (primary N) is 1. The van der Waals surface area contributed by atoms with Crippen molar-refractivity contribution in [1.29, 1.82) is 0 Å². The van der Waals surface area contributed by atoms with E-state index in [0.29, 0.717) is 6.79 Å². The van der Waals surface area contributed by atoms with Crippen LogP contribution in [0.1, 0.15) is 37.7 Å². The molecular formula is C13H16BrNO2. The predicted octanol–water partition coefficient (Wildman–Crippen LogP) is 3.30. The molecule has 2 aliphatic rings. The van der Waals surface area contributed by atoms with Gasteiger partial charge < -0.3 is 15.2 Å². The van der Waals surface area contributed by atoms with Crippen LogP contribution in [0.25, 0.3) is 0 Å². The van der Waals surface area contributed by atoms with Crippen LogP contribution in [0, 0.1) is 0 Å². The lowest BCUT2D eigenvalue weighted by Crippen LogP contribution is -2.38. The molecule has 92 valence electrons. The first-order valence-corrected chi connectivity index (χ1v) is 6.87. The molecule has 1 aliphatic heterocycles. The third kappa shape index (κ3) is 1.83. The average Bonchev–Trinajstić information content (AvgIpc) is 2.79. The third-order valence-electron chi connectivity index (χ3n) is 3.76. The van der Waals surface area contributed by atoms with E-state index < -0.39 is 0 Å². The van der Waals surface area contributed by atoms with Gasteiger partial charge in [0.25, 0.3) is 0 Å². The molecule has 1 heterocycles. The van der Waals surface area contributed by atoms with E-state index in [-0.39, 0.29) is 5.54 Å². The average molecular weight is 298 g/mol. The fraction of sp³-hybridized carbons (Fsp3) is 0.538. The summed E-state index contributed by atoms with van der Waals surface area (Å²) in [7, 11) is 0. The highest BCUT2D eigenvalue weighted by molar-refractivity contribution is 9.10. The van der Waals surface area contributed by atoms with Crippen molar-refractivity contribution in [3.8, 4) is 11.5 Å². The van der Waals surface area contributed by atoms with E-state index in [9.17, 15) is 0 Å². The van der Waals surface area contributed by atoms with Gasteiger partial charge in [-0.2, -0.15) is 0 Å². The van der Waals surface area contributed by atoms with Crippen molar-refractivity contribution < 1.29 is 9.47 Å². The summed E-state index contributed by atoms with van der Waals surface area (Å²) in [5, 5.41) is 0. The number of ether oxygens (including phenoxy) is 2. The lowest BCUT2D eigenvalue weighted by molar-refractivity contribution is 0.173. The highest BCUT2D eigenvalue weighted by Gasteiger charge is 2.33. The van der Waals surface area contributed by atoms with E-state index in [1.807, 2.05) is 6.07 Å². The second-order valence-electron chi connectivity index (χ2n) is 4.88. The minimum atomic E-state index is -0.210. The zero-order valence-corrected chi connectivity index (χ0v) is 11.3. The van der Waals surface area contributed by atoms with Gasteiger partial charge in [0.1, 0.15) is 0 Å². The topological polar surface area (TPSA) is 44.5 Å². The van der Waals surface area contributed by atoms with Crippen molar-refractivity contribution in [3.63, 3.8) is 0 Å². The van der Waals surface area contributed by atoms with Gasteiger partial charge in [-0.1, -0.05) is 25.3 Å². The largest absolute Gasteiger partial charge is 0.454 e. The van der Waals surface area contributed by atoms with Crippen LogP contribution in [0.2, 0.25) is 0 Å². The number of halogens is 1. The quantitative estimate of drug-likeness (QED) is 0.865. The van der Waals surface area contributed by atoms with Crippen LogP contribution in [0.5, 0.6) is 11.5 Å². The molecule has 0 saturated heterocycles. The molecule has 17 heavy (non-hydrogen) atoms. The summed E-state index contributed by atoms with van der Waals surface area (Å²) in [4.78, 5) is 0. The number of fused-ring (bicyclic) bond motifs is 1. The number of rotatable bonds is 1. The maximum Gasteiger partial charge on any atom is 0.231 e. The first-order valence-electron chi connectivity index (χ1n) is 6.08. The molecule has 0 radical (unpaired) electrons.